The second-order valence-electron chi connectivity index (χ2n) is 18.9. The summed E-state index contributed by atoms with van der Waals surface area (Å²) >= 11 is 4.51. The Morgan fingerprint density at radius 3 is 1.98 bits per heavy atom. The molecule has 342 valence electrons. The third-order valence-electron chi connectivity index (χ3n) is 10.7. The monoisotopic (exact) mass is 941 g/mol. The summed E-state index contributed by atoms with van der Waals surface area (Å²) in [7, 11) is -1.67. The molecule has 64 heavy (non-hydrogen) atoms. The number of carbonyl (C=O) groups excluding carboxylic acids is 3. The van der Waals surface area contributed by atoms with Gasteiger partial charge in [-0.25, -0.2) is 9.78 Å². The van der Waals surface area contributed by atoms with E-state index in [-0.39, 0.29) is 18.3 Å². The maximum atomic E-state index is 14.2. The first-order valence-corrected chi connectivity index (χ1v) is 28.4. The van der Waals surface area contributed by atoms with Crippen LogP contribution in [0.1, 0.15) is 81.8 Å². The van der Waals surface area contributed by atoms with Crippen molar-refractivity contribution in [2.45, 2.75) is 115 Å². The van der Waals surface area contributed by atoms with E-state index in [2.05, 4.69) is 103 Å². The smallest absolute Gasteiger partial charge is 0.329 e. The van der Waals surface area contributed by atoms with Crippen molar-refractivity contribution in [3.05, 3.63) is 136 Å². The summed E-state index contributed by atoms with van der Waals surface area (Å²) in [6.45, 7) is 17.3. The zero-order chi connectivity index (χ0) is 46.7. The second-order valence-corrected chi connectivity index (χ2v) is 27.7. The maximum Gasteiger partial charge on any atom is 0.329 e. The first kappa shape index (κ1) is 50.5. The first-order chi connectivity index (χ1) is 30.2. The van der Waals surface area contributed by atoms with Gasteiger partial charge in [-0.05, 0) is 75.0 Å². The Hall–Kier alpha value is -4.50. The summed E-state index contributed by atoms with van der Waals surface area (Å²) in [6.07, 6.45) is 3.55. The van der Waals surface area contributed by atoms with Crippen molar-refractivity contribution < 1.29 is 33.8 Å². The lowest BCUT2D eigenvalue weighted by atomic mass is 9.84. The summed E-state index contributed by atoms with van der Waals surface area (Å²) in [5.41, 5.74) is 2.19. The van der Waals surface area contributed by atoms with E-state index in [1.54, 1.807) is 24.8 Å². The third kappa shape index (κ3) is 13.8. The van der Waals surface area contributed by atoms with Gasteiger partial charge in [-0.1, -0.05) is 137 Å². The molecule has 3 aromatic carbocycles. The van der Waals surface area contributed by atoms with E-state index in [1.165, 1.54) is 23.1 Å². The molecule has 0 saturated carbocycles. The van der Waals surface area contributed by atoms with Crippen LogP contribution in [-0.2, 0) is 39.8 Å². The van der Waals surface area contributed by atoms with Gasteiger partial charge in [-0.15, -0.1) is 34.9 Å². The van der Waals surface area contributed by atoms with Gasteiger partial charge in [-0.2, -0.15) is 0 Å². The van der Waals surface area contributed by atoms with E-state index in [0.717, 1.165) is 22.7 Å². The van der Waals surface area contributed by atoms with Gasteiger partial charge in [0.15, 0.2) is 0 Å². The highest BCUT2D eigenvalue weighted by Crippen LogP contribution is 2.48. The molecule has 14 heteroatoms. The number of amides is 1. The lowest BCUT2D eigenvalue weighted by molar-refractivity contribution is -0.159. The second kappa shape index (κ2) is 22.1. The number of thiazole rings is 1. The number of allylic oxidation sites excluding steroid dienone is 1. The quantitative estimate of drug-likeness (QED) is 0.0272. The molecular weight excluding hydrogens is 879 g/mol. The zero-order valence-corrected chi connectivity index (χ0v) is 41.9. The Morgan fingerprint density at radius 2 is 1.48 bits per heavy atom. The summed E-state index contributed by atoms with van der Waals surface area (Å²) in [4.78, 5) is 62.9. The van der Waals surface area contributed by atoms with Crippen LogP contribution in [0.3, 0.4) is 0 Å². The van der Waals surface area contributed by atoms with Crippen molar-refractivity contribution in [1.82, 2.24) is 10.3 Å². The fraction of sp³-hybridized carbons (Fsp3) is 0.440. The van der Waals surface area contributed by atoms with E-state index in [1.807, 2.05) is 64.3 Å². The predicted octanol–water partition coefficient (Wildman–Crippen LogP) is 10.4. The Balaban J connectivity index is 1.34. The normalized spacial score (nSPS) is 17.1. The molecule has 0 radical (unpaired) electrons. The number of carboxylic acids is 1. The molecule has 0 aliphatic carbocycles. The average Bonchev–Trinajstić information content (AvgIpc) is 3.87. The van der Waals surface area contributed by atoms with Gasteiger partial charge in [0.05, 0.1) is 17.1 Å². The highest BCUT2D eigenvalue weighted by atomic mass is 32.2. The third-order valence-corrected chi connectivity index (χ3v) is 16.2. The molecule has 2 N–H and O–H groups in total. The number of ether oxygens (including phenoxy) is 2. The molecule has 2 heterocycles. The average molecular weight is 942 g/mol. The van der Waals surface area contributed by atoms with Gasteiger partial charge in [0.2, 0.25) is 5.91 Å². The van der Waals surface area contributed by atoms with Crippen molar-refractivity contribution in [3.63, 3.8) is 0 Å². The van der Waals surface area contributed by atoms with Crippen LogP contribution in [0, 0.1) is 11.8 Å². The van der Waals surface area contributed by atoms with Crippen molar-refractivity contribution in [2.75, 3.05) is 11.5 Å². The van der Waals surface area contributed by atoms with E-state index >= 15 is 0 Å². The maximum absolute atomic E-state index is 14.2. The Kier molecular flexibility index (Phi) is 17.5. The van der Waals surface area contributed by atoms with Gasteiger partial charge in [0, 0.05) is 19.2 Å². The number of nitrogens with one attached hydrogen (secondary N) is 1. The van der Waals surface area contributed by atoms with Gasteiger partial charge < -0.3 is 19.9 Å². The van der Waals surface area contributed by atoms with E-state index < -0.39 is 59.9 Å². The van der Waals surface area contributed by atoms with Crippen LogP contribution in [0.15, 0.2) is 114 Å². The van der Waals surface area contributed by atoms with Crippen LogP contribution in [0.25, 0.3) is 0 Å². The highest BCUT2D eigenvalue weighted by Gasteiger charge is 2.43. The minimum atomic E-state index is -1.67. The first-order valence-electron chi connectivity index (χ1n) is 21.8. The Morgan fingerprint density at radius 1 is 0.922 bits per heavy atom. The molecule has 0 fully saturated rings. The van der Waals surface area contributed by atoms with E-state index in [4.69, 9.17) is 14.5 Å². The highest BCUT2D eigenvalue weighted by molar-refractivity contribution is 8.14. The Bertz CT molecular complexity index is 2160. The zero-order valence-electron chi connectivity index (χ0n) is 38.5. The SMILES string of the molecule is CC(C)[C@@H](NC(=O)[C@]1(C)CSC(c2csc(CC(=O)OC(C)(C)C)n2)=N1)C(=O)O[C@@H](C=CCCSC(c1ccccc1)(c1ccccc1)c1ccccc1)C(CC[Si](C)(C)C)C(=O)O. The number of esters is 2. The van der Waals surface area contributed by atoms with Gasteiger partial charge in [0.1, 0.15) is 39.0 Å². The fourth-order valence-corrected chi connectivity index (χ4v) is 11.9. The van der Waals surface area contributed by atoms with E-state index in [0.29, 0.717) is 40.1 Å². The number of carbonyl (C=O) groups is 4. The predicted molar refractivity (Wildman–Crippen MR) is 265 cm³/mol. The van der Waals surface area contributed by atoms with Crippen LogP contribution in [-0.4, -0.2) is 81.8 Å². The topological polar surface area (TPSA) is 144 Å². The fourth-order valence-electron chi connectivity index (χ4n) is 7.29. The molecule has 0 bridgehead atoms. The summed E-state index contributed by atoms with van der Waals surface area (Å²) in [6, 6.07) is 31.0. The van der Waals surface area contributed by atoms with Crippen LogP contribution in [0.4, 0.5) is 0 Å². The molecule has 5 rings (SSSR count). The number of aliphatic imine (C=N–C) groups is 1. The molecule has 4 atom stereocenters. The molecule has 1 amide bonds. The summed E-state index contributed by atoms with van der Waals surface area (Å²) < 4.78 is 11.1. The number of benzene rings is 3. The molecule has 1 aromatic heterocycles. The van der Waals surface area contributed by atoms with Crippen molar-refractivity contribution in [2.24, 2.45) is 16.8 Å². The van der Waals surface area contributed by atoms with Crippen LogP contribution in [0.2, 0.25) is 25.7 Å². The number of hydrogen-bond donors (Lipinski definition) is 2. The van der Waals surface area contributed by atoms with Crippen LogP contribution < -0.4 is 5.32 Å². The molecule has 10 nitrogen and oxygen atoms in total. The summed E-state index contributed by atoms with van der Waals surface area (Å²) in [5, 5.41) is 16.5. The minimum absolute atomic E-state index is 0.0311. The number of hydrogen-bond acceptors (Lipinski definition) is 11. The number of aromatic nitrogens is 1. The Labute approximate surface area is 392 Å². The molecule has 1 aliphatic heterocycles. The molecule has 1 aliphatic rings. The molecule has 4 aromatic rings. The molecular formula is C50H63N3O7S3Si. The van der Waals surface area contributed by atoms with E-state index in [9.17, 15) is 24.3 Å². The number of thioether (sulfide) groups is 2. The molecule has 0 spiro atoms. The number of carboxylic acid groups (broad SMARTS) is 1. The van der Waals surface area contributed by atoms with Gasteiger partial charge >= 0.3 is 17.9 Å². The van der Waals surface area contributed by atoms with Crippen LogP contribution in [0.5, 0.6) is 0 Å². The molecule has 0 saturated heterocycles. The minimum Gasteiger partial charge on any atom is -0.481 e. The number of nitrogens with zero attached hydrogens (tertiary/aromatic N) is 2. The standard InChI is InChI=1S/C50H63N3O7S3Si/c1-34(2)43(52-47(58)49(6)33-62-44(53-49)39-32-61-41(51-39)31-42(54)60-48(3,4)5)46(57)59-40(38(45(55)56)28-30-64(7,8)9)27-19-20-29-63-50(35-21-13-10-14-22-35,36-23-15-11-16-24-36)37-25-17-12-18-26-37/h10-19,21-27,32,34,38,40,43H,20,28-31,33H2,1-9H3,(H,52,58)(H,55,56)/t38?,40-,43+,49-/m0/s1. The van der Waals surface area contributed by atoms with Crippen molar-refractivity contribution >= 4 is 71.8 Å². The largest absolute Gasteiger partial charge is 0.481 e. The molecule has 1 unspecified atom stereocenters. The van der Waals surface area contributed by atoms with Crippen molar-refractivity contribution in [1.29, 1.82) is 0 Å². The van der Waals surface area contributed by atoms with Gasteiger partial charge in [0.25, 0.3) is 0 Å². The van der Waals surface area contributed by atoms with Crippen molar-refractivity contribution in [3.8, 4) is 0 Å². The van der Waals surface area contributed by atoms with Crippen LogP contribution >= 0.6 is 34.9 Å². The number of aliphatic carboxylic acids is 1. The van der Waals surface area contributed by atoms with Gasteiger partial charge in [-0.3, -0.25) is 19.4 Å². The lowest BCUT2D eigenvalue weighted by Gasteiger charge is -2.35. The lowest BCUT2D eigenvalue weighted by Crippen LogP contribution is -2.53. The number of rotatable bonds is 21. The summed E-state index contributed by atoms with van der Waals surface area (Å²) in [5.74, 6) is -2.93.